The maximum Gasteiger partial charge on any atom is 0.0647 e. The molecule has 1 atom stereocenters. The summed E-state index contributed by atoms with van der Waals surface area (Å²) in [6.07, 6.45) is 4.76. The zero-order valence-corrected chi connectivity index (χ0v) is 8.57. The van der Waals surface area contributed by atoms with Crippen LogP contribution >= 0.6 is 0 Å². The first kappa shape index (κ1) is 9.68. The fraction of sp³-hybridized carbons (Fsp3) is 0.700. The summed E-state index contributed by atoms with van der Waals surface area (Å²) in [4.78, 5) is 0. The van der Waals surface area contributed by atoms with Gasteiger partial charge in [-0.05, 0) is 25.3 Å². The van der Waals surface area contributed by atoms with Crippen molar-refractivity contribution in [3.63, 3.8) is 0 Å². The highest BCUT2D eigenvalue weighted by atomic mass is 16.5. The van der Waals surface area contributed by atoms with E-state index in [9.17, 15) is 0 Å². The third kappa shape index (κ3) is 1.96. The molecule has 2 heterocycles. The maximum atomic E-state index is 6.17. The average molecular weight is 195 g/mol. The van der Waals surface area contributed by atoms with E-state index in [0.29, 0.717) is 6.61 Å². The monoisotopic (exact) mass is 195 g/mol. The Balaban J connectivity index is 1.91. The van der Waals surface area contributed by atoms with Crippen molar-refractivity contribution >= 4 is 0 Å². The summed E-state index contributed by atoms with van der Waals surface area (Å²) in [7, 11) is 1.96. The van der Waals surface area contributed by atoms with Gasteiger partial charge in [0.15, 0.2) is 0 Å². The van der Waals surface area contributed by atoms with Crippen molar-refractivity contribution in [3.05, 3.63) is 18.0 Å². The first-order valence-electron chi connectivity index (χ1n) is 5.03. The zero-order valence-electron chi connectivity index (χ0n) is 8.57. The molecule has 1 fully saturated rings. The predicted molar refractivity (Wildman–Crippen MR) is 53.9 cm³/mol. The van der Waals surface area contributed by atoms with Crippen LogP contribution in [0.15, 0.2) is 12.3 Å². The summed E-state index contributed by atoms with van der Waals surface area (Å²) in [5.74, 6) is 0. The average Bonchev–Trinajstić information content (AvgIpc) is 2.73. The Kier molecular flexibility index (Phi) is 2.56. The number of ether oxygens (including phenoxy) is 1. The lowest BCUT2D eigenvalue weighted by Gasteiger charge is -2.21. The van der Waals surface area contributed by atoms with Crippen molar-refractivity contribution in [2.24, 2.45) is 12.8 Å². The van der Waals surface area contributed by atoms with E-state index in [1.807, 2.05) is 24.0 Å². The molecule has 1 aliphatic rings. The number of aryl methyl sites for hydroxylation is 2. The van der Waals surface area contributed by atoms with Gasteiger partial charge in [0.05, 0.1) is 6.61 Å². The second kappa shape index (κ2) is 3.71. The standard InChI is InChI=1S/C10H17N3O/c1-13-9(3-6-12-13)2-4-10(11)5-7-14-8-10/h3,6H,2,4-5,7-8,11H2,1H3. The molecule has 1 saturated heterocycles. The van der Waals surface area contributed by atoms with E-state index in [0.717, 1.165) is 25.9 Å². The number of nitrogens with two attached hydrogens (primary N) is 1. The van der Waals surface area contributed by atoms with Crippen LogP contribution in [0.2, 0.25) is 0 Å². The van der Waals surface area contributed by atoms with Crippen LogP contribution in [0.3, 0.4) is 0 Å². The van der Waals surface area contributed by atoms with Crippen LogP contribution in [0.5, 0.6) is 0 Å². The van der Waals surface area contributed by atoms with Gasteiger partial charge in [-0.1, -0.05) is 0 Å². The molecule has 0 bridgehead atoms. The SMILES string of the molecule is Cn1nccc1CCC1(N)CCOC1. The minimum atomic E-state index is -0.107. The predicted octanol–water partition coefficient (Wildman–Crippen LogP) is 0.471. The smallest absolute Gasteiger partial charge is 0.0647 e. The lowest BCUT2D eigenvalue weighted by molar-refractivity contribution is 0.175. The van der Waals surface area contributed by atoms with E-state index >= 15 is 0 Å². The third-order valence-electron chi connectivity index (χ3n) is 2.94. The summed E-state index contributed by atoms with van der Waals surface area (Å²) in [6, 6.07) is 2.04. The zero-order chi connectivity index (χ0) is 10.0. The molecule has 0 spiro atoms. The molecule has 1 unspecified atom stereocenters. The van der Waals surface area contributed by atoms with Gasteiger partial charge in [-0.2, -0.15) is 5.10 Å². The second-order valence-electron chi connectivity index (χ2n) is 4.11. The molecule has 1 aromatic rings. The molecule has 2 N–H and O–H groups in total. The van der Waals surface area contributed by atoms with Crippen molar-refractivity contribution in [3.8, 4) is 0 Å². The fourth-order valence-corrected chi connectivity index (χ4v) is 1.84. The number of hydrogen-bond donors (Lipinski definition) is 1. The Labute approximate surface area is 84.0 Å². The van der Waals surface area contributed by atoms with Crippen LogP contribution in [-0.4, -0.2) is 28.5 Å². The lowest BCUT2D eigenvalue weighted by Crippen LogP contribution is -2.40. The molecule has 14 heavy (non-hydrogen) atoms. The first-order valence-corrected chi connectivity index (χ1v) is 5.03. The molecule has 1 aromatic heterocycles. The second-order valence-corrected chi connectivity index (χ2v) is 4.11. The molecule has 2 rings (SSSR count). The van der Waals surface area contributed by atoms with Gasteiger partial charge < -0.3 is 10.5 Å². The Bertz CT molecular complexity index is 302. The molecule has 0 aliphatic carbocycles. The van der Waals surface area contributed by atoms with E-state index in [1.165, 1.54) is 5.69 Å². The normalized spacial score (nSPS) is 27.0. The molecule has 4 heteroatoms. The number of nitrogens with zero attached hydrogens (tertiary/aromatic N) is 2. The van der Waals surface area contributed by atoms with Gasteiger partial charge in [0.2, 0.25) is 0 Å². The summed E-state index contributed by atoms with van der Waals surface area (Å²) < 4.78 is 7.21. The van der Waals surface area contributed by atoms with Gasteiger partial charge >= 0.3 is 0 Å². The molecule has 78 valence electrons. The molecule has 0 aromatic carbocycles. The highest BCUT2D eigenvalue weighted by Gasteiger charge is 2.29. The molecule has 0 radical (unpaired) electrons. The van der Waals surface area contributed by atoms with Crippen LogP contribution in [0.1, 0.15) is 18.5 Å². The van der Waals surface area contributed by atoms with Crippen LogP contribution in [0.25, 0.3) is 0 Å². The third-order valence-corrected chi connectivity index (χ3v) is 2.94. The Morgan fingerprint density at radius 1 is 1.71 bits per heavy atom. The van der Waals surface area contributed by atoms with E-state index in [4.69, 9.17) is 10.5 Å². The molecule has 0 saturated carbocycles. The Hall–Kier alpha value is -0.870. The lowest BCUT2D eigenvalue weighted by atomic mass is 9.93. The molecule has 4 nitrogen and oxygen atoms in total. The maximum absolute atomic E-state index is 6.17. The van der Waals surface area contributed by atoms with Crippen molar-refractivity contribution in [2.45, 2.75) is 24.8 Å². The Morgan fingerprint density at radius 2 is 2.57 bits per heavy atom. The minimum Gasteiger partial charge on any atom is -0.379 e. The summed E-state index contributed by atoms with van der Waals surface area (Å²) in [5, 5.41) is 4.13. The number of hydrogen-bond acceptors (Lipinski definition) is 3. The Morgan fingerprint density at radius 3 is 3.14 bits per heavy atom. The van der Waals surface area contributed by atoms with Crippen LogP contribution < -0.4 is 5.73 Å². The van der Waals surface area contributed by atoms with Gasteiger partial charge in [-0.3, -0.25) is 4.68 Å². The van der Waals surface area contributed by atoms with Gasteiger partial charge in [0, 0.05) is 31.1 Å². The van der Waals surface area contributed by atoms with Crippen LogP contribution in [0, 0.1) is 0 Å². The number of aromatic nitrogens is 2. The van der Waals surface area contributed by atoms with Crippen molar-refractivity contribution in [2.75, 3.05) is 13.2 Å². The summed E-state index contributed by atoms with van der Waals surface area (Å²) in [6.45, 7) is 1.51. The van der Waals surface area contributed by atoms with E-state index in [-0.39, 0.29) is 5.54 Å². The molecule has 0 amide bonds. The van der Waals surface area contributed by atoms with Crippen LogP contribution in [-0.2, 0) is 18.2 Å². The van der Waals surface area contributed by atoms with Crippen molar-refractivity contribution in [1.29, 1.82) is 0 Å². The summed E-state index contributed by atoms with van der Waals surface area (Å²) >= 11 is 0. The van der Waals surface area contributed by atoms with E-state index in [1.54, 1.807) is 0 Å². The van der Waals surface area contributed by atoms with E-state index in [2.05, 4.69) is 5.10 Å². The minimum absolute atomic E-state index is 0.107. The topological polar surface area (TPSA) is 53.1 Å². The highest BCUT2D eigenvalue weighted by molar-refractivity contribution is 5.02. The molecular formula is C10H17N3O. The fourth-order valence-electron chi connectivity index (χ4n) is 1.84. The van der Waals surface area contributed by atoms with Gasteiger partial charge in [0.1, 0.15) is 0 Å². The van der Waals surface area contributed by atoms with Gasteiger partial charge in [0.25, 0.3) is 0 Å². The van der Waals surface area contributed by atoms with E-state index < -0.39 is 0 Å². The summed E-state index contributed by atoms with van der Waals surface area (Å²) in [5.41, 5.74) is 7.30. The van der Waals surface area contributed by atoms with Gasteiger partial charge in [-0.15, -0.1) is 0 Å². The van der Waals surface area contributed by atoms with Crippen molar-refractivity contribution in [1.82, 2.24) is 9.78 Å². The van der Waals surface area contributed by atoms with Gasteiger partial charge in [-0.25, -0.2) is 0 Å². The van der Waals surface area contributed by atoms with Crippen LogP contribution in [0.4, 0.5) is 0 Å². The largest absolute Gasteiger partial charge is 0.379 e. The van der Waals surface area contributed by atoms with Crippen molar-refractivity contribution < 1.29 is 4.74 Å². The quantitative estimate of drug-likeness (QED) is 0.762. The first-order chi connectivity index (χ1) is 6.70. The number of rotatable bonds is 3. The molecular weight excluding hydrogens is 178 g/mol. The molecule has 1 aliphatic heterocycles. The highest BCUT2D eigenvalue weighted by Crippen LogP contribution is 2.21.